The van der Waals surface area contributed by atoms with Gasteiger partial charge in [-0.3, -0.25) is 0 Å². The van der Waals surface area contributed by atoms with Gasteiger partial charge in [0.2, 0.25) is 0 Å². The average Bonchev–Trinajstić information content (AvgIpc) is 2.57. The number of aliphatic imine (C=N–C) groups is 1. The van der Waals surface area contributed by atoms with Gasteiger partial charge in [0, 0.05) is 18.8 Å². The summed E-state index contributed by atoms with van der Waals surface area (Å²) < 4.78 is 28.6. The smallest absolute Gasteiger partial charge is 0.191 e. The molecular formula is C20H34IN3O3S. The highest BCUT2D eigenvalue weighted by Gasteiger charge is 2.24. The standard InChI is InChI=1S/C20H33N3O3S.HI/c1-5-21-20(23-17-13-15(2)12-16(3)14-17)22-10-11-26-18-6-8-19(9-7-18)27(4,24)25;/h6-9,15-17H,5,10-14H2,1-4H3,(H2,21,22,23);1H. The van der Waals surface area contributed by atoms with Crippen molar-refractivity contribution in [3.05, 3.63) is 24.3 Å². The highest BCUT2D eigenvalue weighted by molar-refractivity contribution is 14.0. The monoisotopic (exact) mass is 523 g/mol. The molecule has 6 nitrogen and oxygen atoms in total. The molecule has 1 aromatic carbocycles. The van der Waals surface area contributed by atoms with E-state index < -0.39 is 9.84 Å². The van der Waals surface area contributed by atoms with Crippen LogP contribution in [0.2, 0.25) is 0 Å². The van der Waals surface area contributed by atoms with Gasteiger partial charge in [0.05, 0.1) is 11.4 Å². The van der Waals surface area contributed by atoms with Gasteiger partial charge < -0.3 is 15.4 Å². The lowest BCUT2D eigenvalue weighted by Gasteiger charge is -2.32. The molecule has 1 fully saturated rings. The van der Waals surface area contributed by atoms with Crippen molar-refractivity contribution < 1.29 is 13.2 Å². The Morgan fingerprint density at radius 2 is 1.75 bits per heavy atom. The van der Waals surface area contributed by atoms with Gasteiger partial charge in [-0.1, -0.05) is 13.8 Å². The van der Waals surface area contributed by atoms with Crippen LogP contribution in [-0.4, -0.2) is 46.4 Å². The first-order valence-corrected chi connectivity index (χ1v) is 11.6. The van der Waals surface area contributed by atoms with Crippen LogP contribution in [0.4, 0.5) is 0 Å². The molecule has 2 unspecified atom stereocenters. The number of nitrogens with one attached hydrogen (secondary N) is 2. The Kier molecular flexibility index (Phi) is 10.6. The van der Waals surface area contributed by atoms with E-state index in [1.165, 1.54) is 25.5 Å². The maximum atomic E-state index is 11.5. The van der Waals surface area contributed by atoms with Gasteiger partial charge in [-0.25, -0.2) is 13.4 Å². The molecule has 1 aromatic rings. The summed E-state index contributed by atoms with van der Waals surface area (Å²) >= 11 is 0. The second kappa shape index (κ2) is 11.8. The third-order valence-electron chi connectivity index (χ3n) is 4.75. The third-order valence-corrected chi connectivity index (χ3v) is 5.87. The van der Waals surface area contributed by atoms with E-state index in [0.717, 1.165) is 24.3 Å². The van der Waals surface area contributed by atoms with Crippen molar-refractivity contribution in [1.82, 2.24) is 10.6 Å². The van der Waals surface area contributed by atoms with Crippen molar-refractivity contribution in [3.63, 3.8) is 0 Å². The Hall–Kier alpha value is -1.03. The summed E-state index contributed by atoms with van der Waals surface area (Å²) in [5, 5.41) is 6.86. The Balaban J connectivity index is 0.00000392. The molecule has 0 bridgehead atoms. The zero-order valence-corrected chi connectivity index (χ0v) is 20.4. The minimum absolute atomic E-state index is 0. The maximum Gasteiger partial charge on any atom is 0.191 e. The number of hydrogen-bond donors (Lipinski definition) is 2. The Labute approximate surface area is 186 Å². The van der Waals surface area contributed by atoms with Crippen molar-refractivity contribution in [3.8, 4) is 5.75 Å². The molecule has 8 heteroatoms. The van der Waals surface area contributed by atoms with Crippen molar-refractivity contribution in [2.45, 2.75) is 51.0 Å². The molecule has 1 aliphatic rings. The van der Waals surface area contributed by atoms with Gasteiger partial charge in [0.15, 0.2) is 15.8 Å². The zero-order chi connectivity index (χ0) is 19.9. The topological polar surface area (TPSA) is 79.8 Å². The first kappa shape index (κ1) is 25.0. The van der Waals surface area contributed by atoms with E-state index >= 15 is 0 Å². The Morgan fingerprint density at radius 1 is 1.14 bits per heavy atom. The lowest BCUT2D eigenvalue weighted by molar-refractivity contribution is 0.255. The molecular weight excluding hydrogens is 489 g/mol. The van der Waals surface area contributed by atoms with E-state index in [2.05, 4.69) is 36.4 Å². The van der Waals surface area contributed by atoms with E-state index in [1.807, 2.05) is 0 Å². The van der Waals surface area contributed by atoms with E-state index in [-0.39, 0.29) is 24.0 Å². The summed E-state index contributed by atoms with van der Waals surface area (Å²) in [6, 6.07) is 6.93. The molecule has 0 spiro atoms. The summed E-state index contributed by atoms with van der Waals surface area (Å²) in [4.78, 5) is 4.90. The Bertz CT molecular complexity index is 713. The van der Waals surface area contributed by atoms with E-state index in [1.54, 1.807) is 24.3 Å². The second-order valence-corrected chi connectivity index (χ2v) is 9.63. The molecule has 28 heavy (non-hydrogen) atoms. The molecule has 0 saturated heterocycles. The highest BCUT2D eigenvalue weighted by Crippen LogP contribution is 2.28. The molecule has 0 aromatic heterocycles. The second-order valence-electron chi connectivity index (χ2n) is 7.61. The van der Waals surface area contributed by atoms with Crippen LogP contribution in [0.3, 0.4) is 0 Å². The molecule has 160 valence electrons. The van der Waals surface area contributed by atoms with Gasteiger partial charge in [-0.15, -0.1) is 24.0 Å². The number of halogens is 1. The number of sulfone groups is 1. The van der Waals surface area contributed by atoms with Crippen LogP contribution < -0.4 is 15.4 Å². The van der Waals surface area contributed by atoms with Gasteiger partial charge in [-0.2, -0.15) is 0 Å². The van der Waals surface area contributed by atoms with E-state index in [0.29, 0.717) is 29.8 Å². The minimum Gasteiger partial charge on any atom is -0.492 e. The van der Waals surface area contributed by atoms with Crippen LogP contribution in [0.15, 0.2) is 34.2 Å². The van der Waals surface area contributed by atoms with Crippen LogP contribution in [0.1, 0.15) is 40.0 Å². The van der Waals surface area contributed by atoms with Crippen LogP contribution in [0, 0.1) is 11.8 Å². The van der Waals surface area contributed by atoms with Crippen LogP contribution in [0.25, 0.3) is 0 Å². The largest absolute Gasteiger partial charge is 0.492 e. The molecule has 2 rings (SSSR count). The van der Waals surface area contributed by atoms with Gasteiger partial charge in [0.1, 0.15) is 12.4 Å². The molecule has 2 atom stereocenters. The summed E-state index contributed by atoms with van der Waals surface area (Å²) in [5.41, 5.74) is 0. The van der Waals surface area contributed by atoms with Crippen molar-refractivity contribution in [2.24, 2.45) is 16.8 Å². The fraction of sp³-hybridized carbons (Fsp3) is 0.650. The first-order chi connectivity index (χ1) is 12.8. The lowest BCUT2D eigenvalue weighted by Crippen LogP contribution is -2.46. The SMILES string of the molecule is CCNC(=NCCOc1ccc(S(C)(=O)=O)cc1)NC1CC(C)CC(C)C1.I. The molecule has 0 radical (unpaired) electrons. The number of ether oxygens (including phenoxy) is 1. The fourth-order valence-electron chi connectivity index (χ4n) is 3.68. The summed E-state index contributed by atoms with van der Waals surface area (Å²) in [6.45, 7) is 8.47. The number of guanidine groups is 1. The van der Waals surface area contributed by atoms with Crippen LogP contribution >= 0.6 is 24.0 Å². The number of rotatable bonds is 7. The van der Waals surface area contributed by atoms with Crippen molar-refractivity contribution >= 4 is 39.8 Å². The molecule has 0 amide bonds. The first-order valence-electron chi connectivity index (χ1n) is 9.75. The van der Waals surface area contributed by atoms with E-state index in [9.17, 15) is 8.42 Å². The number of nitrogens with zero attached hydrogens (tertiary/aromatic N) is 1. The van der Waals surface area contributed by atoms with Crippen molar-refractivity contribution in [2.75, 3.05) is 26.0 Å². The quantitative estimate of drug-likeness (QED) is 0.248. The normalized spacial score (nSPS) is 22.9. The lowest BCUT2D eigenvalue weighted by atomic mass is 9.80. The summed E-state index contributed by atoms with van der Waals surface area (Å²) in [6.07, 6.45) is 4.86. The minimum atomic E-state index is -3.18. The molecule has 0 heterocycles. The summed E-state index contributed by atoms with van der Waals surface area (Å²) in [5.74, 6) is 2.96. The predicted octanol–water partition coefficient (Wildman–Crippen LogP) is 3.47. The highest BCUT2D eigenvalue weighted by atomic mass is 127. The van der Waals surface area contributed by atoms with E-state index in [4.69, 9.17) is 4.74 Å². The summed E-state index contributed by atoms with van der Waals surface area (Å²) in [7, 11) is -3.18. The van der Waals surface area contributed by atoms with Crippen LogP contribution in [0.5, 0.6) is 5.75 Å². The fourth-order valence-corrected chi connectivity index (χ4v) is 4.31. The maximum absolute atomic E-state index is 11.5. The van der Waals surface area contributed by atoms with Crippen LogP contribution in [-0.2, 0) is 9.84 Å². The number of benzene rings is 1. The van der Waals surface area contributed by atoms with Gasteiger partial charge in [0.25, 0.3) is 0 Å². The molecule has 1 saturated carbocycles. The molecule has 1 aliphatic carbocycles. The van der Waals surface area contributed by atoms with Gasteiger partial charge in [-0.05, 0) is 62.3 Å². The average molecular weight is 523 g/mol. The van der Waals surface area contributed by atoms with Gasteiger partial charge >= 0.3 is 0 Å². The Morgan fingerprint density at radius 3 is 2.29 bits per heavy atom. The number of hydrogen-bond acceptors (Lipinski definition) is 4. The molecule has 2 N–H and O–H groups in total. The predicted molar refractivity (Wildman–Crippen MR) is 126 cm³/mol. The zero-order valence-electron chi connectivity index (χ0n) is 17.3. The molecule has 0 aliphatic heterocycles. The van der Waals surface area contributed by atoms with Crippen molar-refractivity contribution in [1.29, 1.82) is 0 Å². The third kappa shape index (κ3) is 8.55.